The van der Waals surface area contributed by atoms with Crippen molar-refractivity contribution in [2.45, 2.75) is 32.7 Å². The molecule has 1 aliphatic rings. The Morgan fingerprint density at radius 3 is 2.67 bits per heavy atom. The van der Waals surface area contributed by atoms with Gasteiger partial charge in [-0.3, -0.25) is 9.69 Å². The Morgan fingerprint density at radius 2 is 2.06 bits per heavy atom. The average molecular weight is 257 g/mol. The number of nitrogens with two attached hydrogens (primary N) is 1. The Balaban J connectivity index is 2.08. The smallest absolute Gasteiger partial charge is 0.220 e. The third-order valence-corrected chi connectivity index (χ3v) is 3.15. The van der Waals surface area contributed by atoms with Crippen LogP contribution in [-0.4, -0.2) is 56.2 Å². The molecule has 106 valence electrons. The molecule has 1 aliphatic heterocycles. The van der Waals surface area contributed by atoms with E-state index in [1.54, 1.807) is 0 Å². The van der Waals surface area contributed by atoms with Crippen LogP contribution in [0.1, 0.15) is 26.7 Å². The van der Waals surface area contributed by atoms with Crippen LogP contribution >= 0.6 is 0 Å². The molecule has 0 aliphatic carbocycles. The minimum Gasteiger partial charge on any atom is -0.379 e. The van der Waals surface area contributed by atoms with Crippen LogP contribution in [0.3, 0.4) is 0 Å². The van der Waals surface area contributed by atoms with Gasteiger partial charge in [0.05, 0.1) is 13.2 Å². The van der Waals surface area contributed by atoms with E-state index in [1.807, 2.05) is 6.92 Å². The summed E-state index contributed by atoms with van der Waals surface area (Å²) in [6.45, 7) is 9.52. The Morgan fingerprint density at radius 1 is 1.39 bits per heavy atom. The molecule has 0 aromatic carbocycles. The maximum atomic E-state index is 11.5. The lowest BCUT2D eigenvalue weighted by atomic mass is 10.1. The zero-order valence-electron chi connectivity index (χ0n) is 11.7. The molecule has 2 unspecified atom stereocenters. The monoisotopic (exact) mass is 257 g/mol. The fourth-order valence-electron chi connectivity index (χ4n) is 2.02. The Labute approximate surface area is 110 Å². The van der Waals surface area contributed by atoms with E-state index in [9.17, 15) is 4.79 Å². The van der Waals surface area contributed by atoms with E-state index < -0.39 is 0 Å². The lowest BCUT2D eigenvalue weighted by Gasteiger charge is -2.29. The van der Waals surface area contributed by atoms with Gasteiger partial charge in [-0.1, -0.05) is 6.92 Å². The molecule has 1 saturated heterocycles. The summed E-state index contributed by atoms with van der Waals surface area (Å²) in [6, 6.07) is 0.0986. The topological polar surface area (TPSA) is 67.6 Å². The van der Waals surface area contributed by atoms with Crippen LogP contribution in [0.15, 0.2) is 0 Å². The van der Waals surface area contributed by atoms with Gasteiger partial charge >= 0.3 is 0 Å². The van der Waals surface area contributed by atoms with E-state index in [2.05, 4.69) is 17.1 Å². The van der Waals surface area contributed by atoms with Gasteiger partial charge < -0.3 is 15.8 Å². The maximum Gasteiger partial charge on any atom is 0.220 e. The van der Waals surface area contributed by atoms with Crippen molar-refractivity contribution in [3.63, 3.8) is 0 Å². The van der Waals surface area contributed by atoms with E-state index in [0.29, 0.717) is 12.3 Å². The minimum absolute atomic E-state index is 0.0986. The normalized spacial score (nSPS) is 20.4. The standard InChI is InChI=1S/C13H27N3O2/c1-11(10-16-5-7-18-8-6-16)9-15-13(17)4-3-12(2)14/h11-12H,3-10,14H2,1-2H3,(H,15,17). The second kappa shape index (κ2) is 8.45. The third-order valence-electron chi connectivity index (χ3n) is 3.15. The molecule has 3 N–H and O–H groups in total. The number of amides is 1. The highest BCUT2D eigenvalue weighted by Gasteiger charge is 2.14. The summed E-state index contributed by atoms with van der Waals surface area (Å²) in [5.41, 5.74) is 5.62. The molecule has 1 amide bonds. The first-order valence-corrected chi connectivity index (χ1v) is 6.90. The van der Waals surface area contributed by atoms with Crippen molar-refractivity contribution >= 4 is 5.91 Å². The van der Waals surface area contributed by atoms with Crippen molar-refractivity contribution in [3.05, 3.63) is 0 Å². The van der Waals surface area contributed by atoms with Gasteiger partial charge in [0, 0.05) is 38.6 Å². The molecule has 5 nitrogen and oxygen atoms in total. The van der Waals surface area contributed by atoms with Gasteiger partial charge in [0.15, 0.2) is 0 Å². The lowest BCUT2D eigenvalue weighted by molar-refractivity contribution is -0.121. The summed E-state index contributed by atoms with van der Waals surface area (Å²) >= 11 is 0. The van der Waals surface area contributed by atoms with E-state index in [4.69, 9.17) is 10.5 Å². The van der Waals surface area contributed by atoms with Crippen LogP contribution in [0.5, 0.6) is 0 Å². The largest absolute Gasteiger partial charge is 0.379 e. The number of carbonyl (C=O) groups excluding carboxylic acids is 1. The Hall–Kier alpha value is -0.650. The zero-order valence-corrected chi connectivity index (χ0v) is 11.7. The molecule has 0 saturated carbocycles. The summed E-state index contributed by atoms with van der Waals surface area (Å²) in [7, 11) is 0. The van der Waals surface area contributed by atoms with Crippen LogP contribution < -0.4 is 11.1 Å². The Kier molecular flexibility index (Phi) is 7.23. The highest BCUT2D eigenvalue weighted by Crippen LogP contribution is 2.03. The third kappa shape index (κ3) is 6.93. The SMILES string of the molecule is CC(N)CCC(=O)NCC(C)CN1CCOCC1. The van der Waals surface area contributed by atoms with E-state index in [0.717, 1.165) is 45.8 Å². The number of morpholine rings is 1. The van der Waals surface area contributed by atoms with E-state index in [-0.39, 0.29) is 11.9 Å². The van der Waals surface area contributed by atoms with E-state index in [1.165, 1.54) is 0 Å². The molecule has 1 heterocycles. The minimum atomic E-state index is 0.0986. The molecule has 0 spiro atoms. The number of hydrogen-bond acceptors (Lipinski definition) is 4. The molecule has 2 atom stereocenters. The molecule has 0 aromatic rings. The maximum absolute atomic E-state index is 11.5. The highest BCUT2D eigenvalue weighted by atomic mass is 16.5. The summed E-state index contributed by atoms with van der Waals surface area (Å²) < 4.78 is 5.31. The molecule has 0 aromatic heterocycles. The molecule has 5 heteroatoms. The summed E-state index contributed by atoms with van der Waals surface area (Å²) in [5, 5.41) is 2.97. The second-order valence-corrected chi connectivity index (χ2v) is 5.34. The van der Waals surface area contributed by atoms with Crippen molar-refractivity contribution in [2.75, 3.05) is 39.4 Å². The highest BCUT2D eigenvalue weighted by molar-refractivity contribution is 5.75. The van der Waals surface area contributed by atoms with Gasteiger partial charge in [-0.05, 0) is 19.3 Å². The van der Waals surface area contributed by atoms with Gasteiger partial charge in [0.1, 0.15) is 0 Å². The quantitative estimate of drug-likeness (QED) is 0.683. The number of carbonyl (C=O) groups is 1. The lowest BCUT2D eigenvalue weighted by Crippen LogP contribution is -2.41. The first kappa shape index (κ1) is 15.4. The molecule has 1 fully saturated rings. The van der Waals surface area contributed by atoms with Crippen molar-refractivity contribution in [1.29, 1.82) is 0 Å². The molecule has 1 rings (SSSR count). The molecule has 0 radical (unpaired) electrons. The summed E-state index contributed by atoms with van der Waals surface area (Å²) in [4.78, 5) is 13.9. The Bertz CT molecular complexity index is 240. The van der Waals surface area contributed by atoms with Gasteiger partial charge in [0.2, 0.25) is 5.91 Å². The predicted octanol–water partition coefficient (Wildman–Crippen LogP) is 0.198. The number of ether oxygens (including phenoxy) is 1. The van der Waals surface area contributed by atoms with Crippen molar-refractivity contribution < 1.29 is 9.53 Å². The van der Waals surface area contributed by atoms with Crippen LogP contribution in [0.4, 0.5) is 0 Å². The first-order valence-electron chi connectivity index (χ1n) is 6.90. The average Bonchev–Trinajstić information content (AvgIpc) is 2.35. The van der Waals surface area contributed by atoms with Crippen LogP contribution in [0.25, 0.3) is 0 Å². The van der Waals surface area contributed by atoms with Crippen molar-refractivity contribution in [3.8, 4) is 0 Å². The second-order valence-electron chi connectivity index (χ2n) is 5.34. The summed E-state index contributed by atoms with van der Waals surface area (Å²) in [5.74, 6) is 0.587. The molecule has 0 bridgehead atoms. The zero-order chi connectivity index (χ0) is 13.4. The predicted molar refractivity (Wildman–Crippen MR) is 72.3 cm³/mol. The van der Waals surface area contributed by atoms with Crippen molar-refractivity contribution in [2.24, 2.45) is 11.7 Å². The van der Waals surface area contributed by atoms with E-state index >= 15 is 0 Å². The summed E-state index contributed by atoms with van der Waals surface area (Å²) in [6.07, 6.45) is 1.28. The fourth-order valence-corrected chi connectivity index (χ4v) is 2.02. The van der Waals surface area contributed by atoms with Gasteiger partial charge in [-0.15, -0.1) is 0 Å². The molecular formula is C13H27N3O2. The van der Waals surface area contributed by atoms with Crippen LogP contribution in [-0.2, 0) is 9.53 Å². The van der Waals surface area contributed by atoms with Crippen LogP contribution in [0.2, 0.25) is 0 Å². The van der Waals surface area contributed by atoms with Crippen LogP contribution in [0, 0.1) is 5.92 Å². The number of nitrogens with zero attached hydrogens (tertiary/aromatic N) is 1. The van der Waals surface area contributed by atoms with Gasteiger partial charge in [-0.2, -0.15) is 0 Å². The number of hydrogen-bond donors (Lipinski definition) is 2. The molecular weight excluding hydrogens is 230 g/mol. The molecule has 18 heavy (non-hydrogen) atoms. The van der Waals surface area contributed by atoms with Gasteiger partial charge in [-0.25, -0.2) is 0 Å². The van der Waals surface area contributed by atoms with Gasteiger partial charge in [0.25, 0.3) is 0 Å². The van der Waals surface area contributed by atoms with Crippen molar-refractivity contribution in [1.82, 2.24) is 10.2 Å². The number of rotatable bonds is 7. The first-order chi connectivity index (χ1) is 8.58. The fraction of sp³-hybridized carbons (Fsp3) is 0.923. The number of nitrogens with one attached hydrogen (secondary N) is 1.